The third kappa shape index (κ3) is 3.91. The van der Waals surface area contributed by atoms with E-state index in [2.05, 4.69) is 21.3 Å². The molecule has 2 N–H and O–H groups in total. The largest absolute Gasteiger partial charge is 0.395 e. The summed E-state index contributed by atoms with van der Waals surface area (Å²) in [6, 6.07) is 5.70. The van der Waals surface area contributed by atoms with Crippen LogP contribution >= 0.6 is 0 Å². The van der Waals surface area contributed by atoms with E-state index in [9.17, 15) is 0 Å². The second-order valence-corrected chi connectivity index (χ2v) is 4.90. The number of pyridine rings is 1. The van der Waals surface area contributed by atoms with Gasteiger partial charge in [0.05, 0.1) is 12.2 Å². The smallest absolute Gasteiger partial charge is 0.143 e. The second-order valence-electron chi connectivity index (χ2n) is 4.90. The van der Waals surface area contributed by atoms with Crippen LogP contribution in [0.15, 0.2) is 18.3 Å². The maximum Gasteiger partial charge on any atom is 0.143 e. The molecule has 0 aliphatic carbocycles. The molecule has 1 saturated heterocycles. The molecule has 0 bridgehead atoms. The van der Waals surface area contributed by atoms with Gasteiger partial charge in [-0.05, 0) is 44.0 Å². The van der Waals surface area contributed by atoms with Gasteiger partial charge in [-0.1, -0.05) is 0 Å². The molecule has 0 radical (unpaired) electrons. The third-order valence-corrected chi connectivity index (χ3v) is 3.61. The molecule has 5 heteroatoms. The van der Waals surface area contributed by atoms with Crippen LogP contribution < -0.4 is 5.32 Å². The van der Waals surface area contributed by atoms with E-state index in [4.69, 9.17) is 10.4 Å². The average Bonchev–Trinajstić information content (AvgIpc) is 2.47. The van der Waals surface area contributed by atoms with Gasteiger partial charge < -0.3 is 15.3 Å². The van der Waals surface area contributed by atoms with Gasteiger partial charge in [0.15, 0.2) is 0 Å². The number of hydrogen-bond donors (Lipinski definition) is 2. The van der Waals surface area contributed by atoms with Gasteiger partial charge in [-0.25, -0.2) is 4.98 Å². The highest BCUT2D eigenvalue weighted by molar-refractivity contribution is 5.51. The fraction of sp³-hybridized carbons (Fsp3) is 0.571. The fourth-order valence-electron chi connectivity index (χ4n) is 2.43. The number of aromatic nitrogens is 1. The lowest BCUT2D eigenvalue weighted by Crippen LogP contribution is -2.37. The molecule has 0 saturated carbocycles. The molecule has 19 heavy (non-hydrogen) atoms. The number of aliphatic hydroxyl groups excluding tert-OH is 1. The molecule has 0 amide bonds. The SMILES string of the molecule is N#Cc1cccnc1NCC1CCN(CCO)CC1. The van der Waals surface area contributed by atoms with E-state index < -0.39 is 0 Å². The number of aliphatic hydroxyl groups is 1. The molecule has 1 aliphatic heterocycles. The topological polar surface area (TPSA) is 72.2 Å². The van der Waals surface area contributed by atoms with Crippen LogP contribution in [-0.2, 0) is 0 Å². The quantitative estimate of drug-likeness (QED) is 0.828. The minimum atomic E-state index is 0.238. The highest BCUT2D eigenvalue weighted by Gasteiger charge is 2.18. The van der Waals surface area contributed by atoms with Crippen molar-refractivity contribution in [2.75, 3.05) is 38.1 Å². The number of anilines is 1. The van der Waals surface area contributed by atoms with Crippen LogP contribution in [0.25, 0.3) is 0 Å². The first-order valence-electron chi connectivity index (χ1n) is 6.75. The molecular weight excluding hydrogens is 240 g/mol. The molecule has 1 aromatic rings. The zero-order valence-corrected chi connectivity index (χ0v) is 11.0. The average molecular weight is 260 g/mol. The summed E-state index contributed by atoms with van der Waals surface area (Å²) in [6.45, 7) is 3.96. The van der Waals surface area contributed by atoms with Crippen molar-refractivity contribution >= 4 is 5.82 Å². The molecule has 0 spiro atoms. The standard InChI is InChI=1S/C14H20N4O/c15-10-13-2-1-5-16-14(13)17-11-12-3-6-18(7-4-12)8-9-19/h1-2,5,12,19H,3-4,6-9,11H2,(H,16,17). The second kappa shape index (κ2) is 7.07. The first-order chi connectivity index (χ1) is 9.33. The minimum absolute atomic E-state index is 0.238. The lowest BCUT2D eigenvalue weighted by atomic mass is 9.97. The molecule has 1 fully saturated rings. The first kappa shape index (κ1) is 13.8. The van der Waals surface area contributed by atoms with E-state index in [0.717, 1.165) is 39.0 Å². The van der Waals surface area contributed by atoms with Crippen molar-refractivity contribution < 1.29 is 5.11 Å². The van der Waals surface area contributed by atoms with Crippen molar-refractivity contribution in [3.05, 3.63) is 23.9 Å². The van der Waals surface area contributed by atoms with E-state index in [-0.39, 0.29) is 6.61 Å². The molecule has 0 atom stereocenters. The number of likely N-dealkylation sites (tertiary alicyclic amines) is 1. The summed E-state index contributed by atoms with van der Waals surface area (Å²) in [6.07, 6.45) is 3.95. The molecule has 0 aromatic carbocycles. The number of β-amino-alcohol motifs (C(OH)–C–C–N with tert-alkyl or cyclic N) is 1. The first-order valence-corrected chi connectivity index (χ1v) is 6.75. The Labute approximate surface area is 113 Å². The Morgan fingerprint density at radius 2 is 2.26 bits per heavy atom. The molecule has 1 aromatic heterocycles. The van der Waals surface area contributed by atoms with E-state index in [1.165, 1.54) is 0 Å². The van der Waals surface area contributed by atoms with Gasteiger partial charge in [-0.3, -0.25) is 0 Å². The lowest BCUT2D eigenvalue weighted by molar-refractivity contribution is 0.151. The van der Waals surface area contributed by atoms with E-state index in [0.29, 0.717) is 17.3 Å². The summed E-state index contributed by atoms with van der Waals surface area (Å²) in [5, 5.41) is 21.2. The summed E-state index contributed by atoms with van der Waals surface area (Å²) in [5.74, 6) is 1.30. The molecule has 2 rings (SSSR count). The van der Waals surface area contributed by atoms with Crippen LogP contribution in [0.1, 0.15) is 18.4 Å². The summed E-state index contributed by atoms with van der Waals surface area (Å²) in [4.78, 5) is 6.49. The van der Waals surface area contributed by atoms with Crippen LogP contribution in [0, 0.1) is 17.2 Å². The maximum atomic E-state index is 8.99. The van der Waals surface area contributed by atoms with E-state index >= 15 is 0 Å². The summed E-state index contributed by atoms with van der Waals surface area (Å²) in [5.41, 5.74) is 0.597. The van der Waals surface area contributed by atoms with Crippen molar-refractivity contribution in [1.29, 1.82) is 5.26 Å². The van der Waals surface area contributed by atoms with E-state index in [1.807, 2.05) is 0 Å². The monoisotopic (exact) mass is 260 g/mol. The van der Waals surface area contributed by atoms with E-state index in [1.54, 1.807) is 18.3 Å². The Hall–Kier alpha value is -1.64. The normalized spacial score (nSPS) is 17.1. The van der Waals surface area contributed by atoms with Crippen LogP contribution in [0.3, 0.4) is 0 Å². The van der Waals surface area contributed by atoms with Gasteiger partial charge in [-0.2, -0.15) is 5.26 Å². The Morgan fingerprint density at radius 1 is 1.47 bits per heavy atom. The molecule has 2 heterocycles. The maximum absolute atomic E-state index is 8.99. The van der Waals surface area contributed by atoms with Gasteiger partial charge >= 0.3 is 0 Å². The number of nitriles is 1. The summed E-state index contributed by atoms with van der Waals surface area (Å²) < 4.78 is 0. The van der Waals surface area contributed by atoms with Crippen molar-refractivity contribution in [2.24, 2.45) is 5.92 Å². The Bertz CT molecular complexity index is 435. The lowest BCUT2D eigenvalue weighted by Gasteiger charge is -2.31. The number of rotatable bonds is 5. The summed E-state index contributed by atoms with van der Waals surface area (Å²) in [7, 11) is 0. The van der Waals surface area contributed by atoms with Gasteiger partial charge in [0.25, 0.3) is 0 Å². The van der Waals surface area contributed by atoms with Crippen LogP contribution in [0.5, 0.6) is 0 Å². The summed E-state index contributed by atoms with van der Waals surface area (Å²) >= 11 is 0. The Kier molecular flexibility index (Phi) is 5.13. The highest BCUT2D eigenvalue weighted by Crippen LogP contribution is 2.18. The van der Waals surface area contributed by atoms with Crippen LogP contribution in [0.2, 0.25) is 0 Å². The molecular formula is C14H20N4O. The number of nitrogens with zero attached hydrogens (tertiary/aromatic N) is 3. The van der Waals surface area contributed by atoms with Crippen molar-refractivity contribution in [3.8, 4) is 6.07 Å². The predicted molar refractivity (Wildman–Crippen MR) is 73.7 cm³/mol. The molecule has 0 unspecified atom stereocenters. The Morgan fingerprint density at radius 3 is 2.95 bits per heavy atom. The number of piperidine rings is 1. The third-order valence-electron chi connectivity index (χ3n) is 3.61. The zero-order valence-electron chi connectivity index (χ0n) is 11.0. The molecule has 1 aliphatic rings. The van der Waals surface area contributed by atoms with Gasteiger partial charge in [0, 0.05) is 19.3 Å². The highest BCUT2D eigenvalue weighted by atomic mass is 16.3. The van der Waals surface area contributed by atoms with Gasteiger partial charge in [-0.15, -0.1) is 0 Å². The van der Waals surface area contributed by atoms with Gasteiger partial charge in [0.1, 0.15) is 11.9 Å². The molecule has 5 nitrogen and oxygen atoms in total. The Balaban J connectivity index is 1.79. The predicted octanol–water partition coefficient (Wildman–Crippen LogP) is 1.07. The van der Waals surface area contributed by atoms with Crippen molar-refractivity contribution in [2.45, 2.75) is 12.8 Å². The number of hydrogen-bond acceptors (Lipinski definition) is 5. The van der Waals surface area contributed by atoms with Crippen molar-refractivity contribution in [3.63, 3.8) is 0 Å². The number of nitrogens with one attached hydrogen (secondary N) is 1. The van der Waals surface area contributed by atoms with Crippen LogP contribution in [-0.4, -0.2) is 47.8 Å². The molecule has 102 valence electrons. The minimum Gasteiger partial charge on any atom is -0.395 e. The van der Waals surface area contributed by atoms with Crippen molar-refractivity contribution in [1.82, 2.24) is 9.88 Å². The zero-order chi connectivity index (χ0) is 13.5. The fourth-order valence-corrected chi connectivity index (χ4v) is 2.43. The van der Waals surface area contributed by atoms with Gasteiger partial charge in [0.2, 0.25) is 0 Å². The van der Waals surface area contributed by atoms with Crippen LogP contribution in [0.4, 0.5) is 5.82 Å².